The number of rotatable bonds is 8. The summed E-state index contributed by atoms with van der Waals surface area (Å²) in [6.07, 6.45) is 3.12. The van der Waals surface area contributed by atoms with Crippen LogP contribution >= 0.6 is 0 Å². The van der Waals surface area contributed by atoms with E-state index in [-0.39, 0.29) is 12.3 Å². The Bertz CT molecular complexity index is 1090. The SMILES string of the molecule is CCOC(=O)C1=C(CN2CCC(Cc3ccccc3)CC2)NC(=O)N[C@H]1c1ccc([N+](=O)[O-])cc1. The number of nitrogens with zero attached hydrogens (tertiary/aromatic N) is 2. The number of hydrogen-bond donors (Lipinski definition) is 2. The summed E-state index contributed by atoms with van der Waals surface area (Å²) in [5, 5.41) is 16.6. The first-order valence-electron chi connectivity index (χ1n) is 11.9. The van der Waals surface area contributed by atoms with E-state index in [0.29, 0.717) is 29.3 Å². The molecule has 0 bridgehead atoms. The summed E-state index contributed by atoms with van der Waals surface area (Å²) < 4.78 is 5.32. The van der Waals surface area contributed by atoms with Gasteiger partial charge in [0, 0.05) is 24.4 Å². The summed E-state index contributed by atoms with van der Waals surface area (Å²) in [6.45, 7) is 4.07. The van der Waals surface area contributed by atoms with Gasteiger partial charge in [-0.05, 0) is 68.5 Å². The first-order valence-corrected chi connectivity index (χ1v) is 11.9. The number of nitro groups is 1. The predicted molar refractivity (Wildman–Crippen MR) is 130 cm³/mol. The highest BCUT2D eigenvalue weighted by molar-refractivity contribution is 5.95. The molecular weight excluding hydrogens is 448 g/mol. The largest absolute Gasteiger partial charge is 0.463 e. The van der Waals surface area contributed by atoms with Crippen molar-refractivity contribution in [2.75, 3.05) is 26.2 Å². The number of non-ortho nitro benzene ring substituents is 1. The molecule has 4 rings (SSSR count). The second kappa shape index (κ2) is 11.1. The number of nitrogens with one attached hydrogen (secondary N) is 2. The number of piperidine rings is 1. The summed E-state index contributed by atoms with van der Waals surface area (Å²) in [6, 6.07) is 15.1. The van der Waals surface area contributed by atoms with E-state index in [9.17, 15) is 19.7 Å². The number of hydrogen-bond acceptors (Lipinski definition) is 6. The van der Waals surface area contributed by atoms with Crippen LogP contribution in [0.25, 0.3) is 0 Å². The molecule has 35 heavy (non-hydrogen) atoms. The van der Waals surface area contributed by atoms with Gasteiger partial charge < -0.3 is 15.4 Å². The molecule has 1 fully saturated rings. The first-order chi connectivity index (χ1) is 16.9. The molecular formula is C26H30N4O5. The van der Waals surface area contributed by atoms with Gasteiger partial charge in [-0.3, -0.25) is 15.0 Å². The van der Waals surface area contributed by atoms with Crippen molar-refractivity contribution >= 4 is 17.7 Å². The van der Waals surface area contributed by atoms with Crippen molar-refractivity contribution in [2.24, 2.45) is 5.92 Å². The Hall–Kier alpha value is -3.72. The topological polar surface area (TPSA) is 114 Å². The molecule has 0 unspecified atom stereocenters. The highest BCUT2D eigenvalue weighted by Gasteiger charge is 2.35. The molecule has 9 nitrogen and oxygen atoms in total. The number of carbonyl (C=O) groups is 2. The number of esters is 1. The maximum atomic E-state index is 13.0. The minimum absolute atomic E-state index is 0.0609. The lowest BCUT2D eigenvalue weighted by atomic mass is 9.89. The Balaban J connectivity index is 1.52. The zero-order valence-corrected chi connectivity index (χ0v) is 19.7. The van der Waals surface area contributed by atoms with E-state index >= 15 is 0 Å². The Labute approximate surface area is 204 Å². The summed E-state index contributed by atoms with van der Waals surface area (Å²) in [7, 11) is 0. The quantitative estimate of drug-likeness (QED) is 0.340. The molecule has 2 aromatic carbocycles. The summed E-state index contributed by atoms with van der Waals surface area (Å²) >= 11 is 0. The van der Waals surface area contributed by atoms with Crippen LogP contribution in [0.3, 0.4) is 0 Å². The van der Waals surface area contributed by atoms with Crippen molar-refractivity contribution in [1.29, 1.82) is 0 Å². The standard InChI is InChI=1S/C26H30N4O5/c1-2-35-25(31)23-22(17-29-14-12-19(13-15-29)16-18-6-4-3-5-7-18)27-26(32)28-24(23)20-8-10-21(11-9-20)30(33)34/h3-11,19,24H,2,12-17H2,1H3,(H2,27,28,32)/t24-/m0/s1. The number of amides is 2. The lowest BCUT2D eigenvalue weighted by Crippen LogP contribution is -2.49. The predicted octanol–water partition coefficient (Wildman–Crippen LogP) is 3.72. The van der Waals surface area contributed by atoms with Crippen LogP contribution in [0.4, 0.5) is 10.5 Å². The third kappa shape index (κ3) is 6.05. The van der Waals surface area contributed by atoms with Gasteiger partial charge in [-0.25, -0.2) is 9.59 Å². The Morgan fingerprint density at radius 1 is 1.11 bits per heavy atom. The fourth-order valence-corrected chi connectivity index (χ4v) is 4.75. The molecule has 2 aliphatic rings. The Morgan fingerprint density at radius 2 is 1.80 bits per heavy atom. The number of ether oxygens (including phenoxy) is 1. The number of urea groups is 1. The summed E-state index contributed by atoms with van der Waals surface area (Å²) in [5.74, 6) is 0.0833. The first kappa shape index (κ1) is 24.4. The maximum Gasteiger partial charge on any atom is 0.338 e. The molecule has 9 heteroatoms. The maximum absolute atomic E-state index is 13.0. The molecule has 2 aromatic rings. The zero-order chi connectivity index (χ0) is 24.8. The highest BCUT2D eigenvalue weighted by atomic mass is 16.6. The second-order valence-corrected chi connectivity index (χ2v) is 8.90. The van der Waals surface area contributed by atoms with E-state index in [1.165, 1.54) is 17.7 Å². The van der Waals surface area contributed by atoms with Gasteiger partial charge in [-0.2, -0.15) is 0 Å². The van der Waals surface area contributed by atoms with E-state index < -0.39 is 23.0 Å². The van der Waals surface area contributed by atoms with Crippen LogP contribution in [0.5, 0.6) is 0 Å². The molecule has 184 valence electrons. The van der Waals surface area contributed by atoms with Gasteiger partial charge in [0.1, 0.15) is 0 Å². The highest BCUT2D eigenvalue weighted by Crippen LogP contribution is 2.30. The van der Waals surface area contributed by atoms with Crippen LogP contribution in [-0.2, 0) is 16.0 Å². The normalized spacial score (nSPS) is 19.1. The van der Waals surface area contributed by atoms with E-state index in [1.807, 2.05) is 6.07 Å². The Kier molecular flexibility index (Phi) is 7.77. The van der Waals surface area contributed by atoms with Crippen LogP contribution in [0.15, 0.2) is 65.9 Å². The van der Waals surface area contributed by atoms with E-state index in [2.05, 4.69) is 39.8 Å². The van der Waals surface area contributed by atoms with Crippen LogP contribution in [0.2, 0.25) is 0 Å². The summed E-state index contributed by atoms with van der Waals surface area (Å²) in [5.41, 5.74) is 2.69. The molecule has 0 spiro atoms. The molecule has 0 aromatic heterocycles. The van der Waals surface area contributed by atoms with E-state index in [0.717, 1.165) is 32.4 Å². The van der Waals surface area contributed by atoms with Crippen molar-refractivity contribution in [1.82, 2.24) is 15.5 Å². The number of nitro benzene ring substituents is 1. The third-order valence-corrected chi connectivity index (χ3v) is 6.54. The molecule has 0 saturated carbocycles. The molecule has 2 amide bonds. The van der Waals surface area contributed by atoms with E-state index in [4.69, 9.17) is 4.74 Å². The number of carbonyl (C=O) groups excluding carboxylic acids is 2. The van der Waals surface area contributed by atoms with E-state index in [1.54, 1.807) is 19.1 Å². The smallest absolute Gasteiger partial charge is 0.338 e. The van der Waals surface area contributed by atoms with Gasteiger partial charge in [-0.15, -0.1) is 0 Å². The van der Waals surface area contributed by atoms with Gasteiger partial charge in [0.2, 0.25) is 0 Å². The minimum Gasteiger partial charge on any atom is -0.463 e. The average Bonchev–Trinajstić information content (AvgIpc) is 2.85. The van der Waals surface area contributed by atoms with Gasteiger partial charge >= 0.3 is 12.0 Å². The Morgan fingerprint density at radius 3 is 2.43 bits per heavy atom. The van der Waals surface area contributed by atoms with Crippen LogP contribution in [0, 0.1) is 16.0 Å². The van der Waals surface area contributed by atoms with Crippen LogP contribution in [0.1, 0.15) is 36.9 Å². The molecule has 0 aliphatic carbocycles. The van der Waals surface area contributed by atoms with Gasteiger partial charge in [0.15, 0.2) is 0 Å². The molecule has 1 saturated heterocycles. The molecule has 2 N–H and O–H groups in total. The molecule has 2 heterocycles. The molecule has 0 radical (unpaired) electrons. The number of benzene rings is 2. The summed E-state index contributed by atoms with van der Waals surface area (Å²) in [4.78, 5) is 38.3. The van der Waals surface area contributed by atoms with Crippen molar-refractivity contribution in [3.63, 3.8) is 0 Å². The fourth-order valence-electron chi connectivity index (χ4n) is 4.75. The average molecular weight is 479 g/mol. The second-order valence-electron chi connectivity index (χ2n) is 8.90. The molecule has 1 atom stereocenters. The lowest BCUT2D eigenvalue weighted by molar-refractivity contribution is -0.384. The van der Waals surface area contributed by atoms with Crippen molar-refractivity contribution < 1.29 is 19.2 Å². The monoisotopic (exact) mass is 478 g/mol. The fraction of sp³-hybridized carbons (Fsp3) is 0.385. The van der Waals surface area contributed by atoms with Gasteiger partial charge in [0.25, 0.3) is 5.69 Å². The van der Waals surface area contributed by atoms with Crippen molar-refractivity contribution in [2.45, 2.75) is 32.2 Å². The van der Waals surface area contributed by atoms with Crippen molar-refractivity contribution in [3.8, 4) is 0 Å². The van der Waals surface area contributed by atoms with Crippen LogP contribution < -0.4 is 10.6 Å². The van der Waals surface area contributed by atoms with Gasteiger partial charge in [-0.1, -0.05) is 30.3 Å². The van der Waals surface area contributed by atoms with Crippen LogP contribution in [-0.4, -0.2) is 48.1 Å². The van der Waals surface area contributed by atoms with Crippen molar-refractivity contribution in [3.05, 3.63) is 87.1 Å². The third-order valence-electron chi connectivity index (χ3n) is 6.54. The lowest BCUT2D eigenvalue weighted by Gasteiger charge is -2.35. The zero-order valence-electron chi connectivity index (χ0n) is 19.7. The molecule has 2 aliphatic heterocycles. The van der Waals surface area contributed by atoms with Gasteiger partial charge in [0.05, 0.1) is 23.1 Å². The number of likely N-dealkylation sites (tertiary alicyclic amines) is 1. The minimum atomic E-state index is -0.755.